The van der Waals surface area contributed by atoms with Crippen molar-refractivity contribution in [3.8, 4) is 17.4 Å². The highest BCUT2D eigenvalue weighted by molar-refractivity contribution is 5.67. The Bertz CT molecular complexity index is 1100. The number of ether oxygens (including phenoxy) is 2. The van der Waals surface area contributed by atoms with Crippen molar-refractivity contribution in [2.24, 2.45) is 0 Å². The van der Waals surface area contributed by atoms with Crippen LogP contribution in [0.4, 0.5) is 10.1 Å². The Labute approximate surface area is 177 Å². The summed E-state index contributed by atoms with van der Waals surface area (Å²) in [7, 11) is 2.12. The quantitative estimate of drug-likeness (QED) is 0.417. The molecule has 3 heterocycles. The Kier molecular flexibility index (Phi) is 5.96. The van der Waals surface area contributed by atoms with E-state index < -0.39 is 10.7 Å². The Morgan fingerprint density at radius 2 is 2.00 bits per heavy atom. The normalized spacial score (nSPS) is 15.3. The molecule has 1 aliphatic heterocycles. The molecule has 0 amide bonds. The molecule has 0 bridgehead atoms. The molecule has 1 fully saturated rings. The van der Waals surface area contributed by atoms with Gasteiger partial charge in [0.2, 0.25) is 5.88 Å². The van der Waals surface area contributed by atoms with E-state index in [1.807, 2.05) is 6.92 Å². The summed E-state index contributed by atoms with van der Waals surface area (Å²) in [6.45, 7) is 7.32. The largest absolute Gasteiger partial charge is 0.490 e. The number of non-ortho nitro benzene ring substituents is 1. The smallest absolute Gasteiger partial charge is 0.272 e. The molecule has 2 aromatic heterocycles. The number of fused-ring (bicyclic) bond motifs is 1. The van der Waals surface area contributed by atoms with Crippen molar-refractivity contribution in [1.82, 2.24) is 24.4 Å². The lowest BCUT2D eigenvalue weighted by Crippen LogP contribution is -2.45. The highest BCUT2D eigenvalue weighted by Gasteiger charge is 2.19. The van der Waals surface area contributed by atoms with E-state index in [2.05, 4.69) is 26.9 Å². The number of nitrogens with zero attached hydrogens (tertiary/aromatic N) is 6. The van der Waals surface area contributed by atoms with Crippen LogP contribution in [0.5, 0.6) is 17.4 Å². The molecule has 4 rings (SSSR count). The van der Waals surface area contributed by atoms with Gasteiger partial charge < -0.3 is 14.4 Å². The van der Waals surface area contributed by atoms with E-state index in [1.165, 1.54) is 18.5 Å². The number of aromatic nitrogens is 3. The number of aryl methyl sites for hydroxylation is 1. The molecule has 0 N–H and O–H groups in total. The summed E-state index contributed by atoms with van der Waals surface area (Å²) in [6.07, 6.45) is 3.02. The van der Waals surface area contributed by atoms with Gasteiger partial charge in [-0.25, -0.2) is 8.91 Å². The minimum atomic E-state index is -0.848. The SMILES string of the molecule is Cc1c(OCCN2CCN(C)CC2)cn2ncnc(Oc3ccc([N+](=O)[O-])cc3F)c12. The van der Waals surface area contributed by atoms with Gasteiger partial charge in [0.15, 0.2) is 11.6 Å². The van der Waals surface area contributed by atoms with E-state index >= 15 is 0 Å². The fourth-order valence-electron chi connectivity index (χ4n) is 3.47. The lowest BCUT2D eigenvalue weighted by Gasteiger charge is -2.32. The molecule has 0 atom stereocenters. The molecule has 0 spiro atoms. The topological polar surface area (TPSA) is 98.3 Å². The summed E-state index contributed by atoms with van der Waals surface area (Å²) >= 11 is 0. The predicted molar refractivity (Wildman–Crippen MR) is 110 cm³/mol. The molecule has 164 valence electrons. The van der Waals surface area contributed by atoms with E-state index in [-0.39, 0.29) is 17.3 Å². The average molecular weight is 430 g/mol. The molecule has 0 radical (unpaired) electrons. The summed E-state index contributed by atoms with van der Waals surface area (Å²) in [4.78, 5) is 18.9. The number of halogens is 1. The van der Waals surface area contributed by atoms with Crippen molar-refractivity contribution in [2.45, 2.75) is 6.92 Å². The highest BCUT2D eigenvalue weighted by atomic mass is 19.1. The summed E-state index contributed by atoms with van der Waals surface area (Å²) in [5.74, 6) is -0.235. The zero-order chi connectivity index (χ0) is 22.0. The minimum absolute atomic E-state index is 0.133. The Balaban J connectivity index is 1.49. The first-order valence-corrected chi connectivity index (χ1v) is 9.91. The second kappa shape index (κ2) is 8.82. The van der Waals surface area contributed by atoms with Gasteiger partial charge in [-0.05, 0) is 20.0 Å². The van der Waals surface area contributed by atoms with Crippen LogP contribution in [0, 0.1) is 22.9 Å². The molecule has 31 heavy (non-hydrogen) atoms. The van der Waals surface area contributed by atoms with E-state index in [4.69, 9.17) is 9.47 Å². The van der Waals surface area contributed by atoms with Gasteiger partial charge in [-0.1, -0.05) is 0 Å². The Morgan fingerprint density at radius 3 is 2.71 bits per heavy atom. The zero-order valence-electron chi connectivity index (χ0n) is 17.3. The van der Waals surface area contributed by atoms with Crippen molar-refractivity contribution in [2.75, 3.05) is 46.4 Å². The van der Waals surface area contributed by atoms with Crippen LogP contribution in [0.25, 0.3) is 5.52 Å². The van der Waals surface area contributed by atoms with E-state index in [0.717, 1.165) is 44.4 Å². The number of rotatable bonds is 7. The first-order valence-electron chi connectivity index (χ1n) is 9.91. The van der Waals surface area contributed by atoms with Crippen LogP contribution < -0.4 is 9.47 Å². The van der Waals surface area contributed by atoms with E-state index in [9.17, 15) is 14.5 Å². The Morgan fingerprint density at radius 1 is 1.23 bits per heavy atom. The van der Waals surface area contributed by atoms with Gasteiger partial charge in [-0.3, -0.25) is 15.0 Å². The third kappa shape index (κ3) is 4.57. The van der Waals surface area contributed by atoms with Crippen LogP contribution in [0.2, 0.25) is 0 Å². The lowest BCUT2D eigenvalue weighted by atomic mass is 10.3. The van der Waals surface area contributed by atoms with Gasteiger partial charge in [0.05, 0.1) is 17.2 Å². The van der Waals surface area contributed by atoms with Crippen molar-refractivity contribution in [3.05, 3.63) is 52.2 Å². The predicted octanol–water partition coefficient (Wildman–Crippen LogP) is 2.50. The molecule has 0 unspecified atom stereocenters. The number of likely N-dealkylation sites (N-methyl/N-ethyl adjacent to an activating group) is 1. The third-order valence-electron chi connectivity index (χ3n) is 5.34. The fraction of sp³-hybridized carbons (Fsp3) is 0.400. The third-order valence-corrected chi connectivity index (χ3v) is 5.34. The van der Waals surface area contributed by atoms with Crippen LogP contribution in [-0.2, 0) is 0 Å². The molecular weight excluding hydrogens is 407 g/mol. The summed E-state index contributed by atoms with van der Waals surface area (Å²) in [5, 5.41) is 15.0. The fourth-order valence-corrected chi connectivity index (χ4v) is 3.47. The van der Waals surface area contributed by atoms with E-state index in [0.29, 0.717) is 17.9 Å². The number of nitro benzene ring substituents is 1. The van der Waals surface area contributed by atoms with Crippen LogP contribution in [0.15, 0.2) is 30.7 Å². The molecular formula is C20H23FN6O4. The van der Waals surface area contributed by atoms with Crippen LogP contribution in [0.1, 0.15) is 5.56 Å². The molecule has 0 aliphatic carbocycles. The number of nitro groups is 1. The van der Waals surface area contributed by atoms with Crippen molar-refractivity contribution >= 4 is 11.2 Å². The van der Waals surface area contributed by atoms with Crippen molar-refractivity contribution in [3.63, 3.8) is 0 Å². The number of benzene rings is 1. The van der Waals surface area contributed by atoms with Crippen LogP contribution in [-0.4, -0.2) is 75.7 Å². The standard InChI is InChI=1S/C20H23FN6O4/c1-14-18(30-10-9-25-7-5-24(2)6-8-25)12-26-19(14)20(22-13-23-26)31-17-4-3-15(27(28)29)11-16(17)21/h3-4,11-13H,5-10H2,1-2H3. The summed E-state index contributed by atoms with van der Waals surface area (Å²) < 4.78 is 27.4. The number of hydrogen-bond donors (Lipinski definition) is 0. The van der Waals surface area contributed by atoms with Gasteiger partial charge in [0, 0.05) is 44.4 Å². The maximum atomic E-state index is 14.3. The first-order chi connectivity index (χ1) is 14.9. The number of hydrogen-bond acceptors (Lipinski definition) is 8. The summed E-state index contributed by atoms with van der Waals surface area (Å²) in [5.41, 5.74) is 0.943. The van der Waals surface area contributed by atoms with Gasteiger partial charge in [-0.15, -0.1) is 0 Å². The zero-order valence-corrected chi connectivity index (χ0v) is 17.3. The number of piperazine rings is 1. The molecule has 0 saturated carbocycles. The molecule has 1 aromatic carbocycles. The molecule has 10 nitrogen and oxygen atoms in total. The van der Waals surface area contributed by atoms with E-state index in [1.54, 1.807) is 10.7 Å². The highest BCUT2D eigenvalue weighted by Crippen LogP contribution is 2.33. The van der Waals surface area contributed by atoms with Gasteiger partial charge in [0.25, 0.3) is 5.69 Å². The first kappa shape index (κ1) is 20.9. The van der Waals surface area contributed by atoms with Crippen LogP contribution >= 0.6 is 0 Å². The average Bonchev–Trinajstić information content (AvgIpc) is 3.07. The van der Waals surface area contributed by atoms with Crippen molar-refractivity contribution in [1.29, 1.82) is 0 Å². The molecule has 1 aliphatic rings. The summed E-state index contributed by atoms with van der Waals surface area (Å²) in [6, 6.07) is 3.19. The van der Waals surface area contributed by atoms with Crippen LogP contribution in [0.3, 0.4) is 0 Å². The Hall–Kier alpha value is -3.31. The van der Waals surface area contributed by atoms with Gasteiger partial charge >= 0.3 is 0 Å². The maximum absolute atomic E-state index is 14.3. The second-order valence-corrected chi connectivity index (χ2v) is 7.44. The molecule has 11 heteroatoms. The maximum Gasteiger partial charge on any atom is 0.272 e. The lowest BCUT2D eigenvalue weighted by molar-refractivity contribution is -0.385. The van der Waals surface area contributed by atoms with Gasteiger partial charge in [0.1, 0.15) is 24.2 Å². The molecule has 3 aromatic rings. The monoisotopic (exact) mass is 430 g/mol. The second-order valence-electron chi connectivity index (χ2n) is 7.44. The minimum Gasteiger partial charge on any atom is -0.490 e. The molecule has 1 saturated heterocycles. The van der Waals surface area contributed by atoms with Gasteiger partial charge in [-0.2, -0.15) is 10.1 Å². The van der Waals surface area contributed by atoms with Crippen molar-refractivity contribution < 1.29 is 18.8 Å².